The van der Waals surface area contributed by atoms with E-state index in [0.717, 1.165) is 24.3 Å². The second kappa shape index (κ2) is 4.65. The van der Waals surface area contributed by atoms with Crippen LogP contribution in [0, 0.1) is 5.92 Å². The van der Waals surface area contributed by atoms with Crippen LogP contribution in [0.5, 0.6) is 0 Å². The maximum atomic E-state index is 12.1. The molecule has 2 saturated heterocycles. The summed E-state index contributed by atoms with van der Waals surface area (Å²) in [5.74, 6) is 2.32. The number of carbonyl (C=O) groups excluding carboxylic acids is 2. The standard InChI is InChI=1S/C11H18N2O2S/c1-3-4-8-10(14)13(11(15)12-8)9-6-16-5-7(9)2/h7-9H,3-6H2,1-2H3,(H,12,15)/t7-,8-,9-/m0/s1. The van der Waals surface area contributed by atoms with E-state index in [2.05, 4.69) is 12.2 Å². The number of imide groups is 1. The maximum absolute atomic E-state index is 12.1. The Labute approximate surface area is 100 Å². The minimum Gasteiger partial charge on any atom is -0.326 e. The van der Waals surface area contributed by atoms with Crippen LogP contribution in [0.3, 0.4) is 0 Å². The lowest BCUT2D eigenvalue weighted by molar-refractivity contribution is -0.129. The van der Waals surface area contributed by atoms with Crippen LogP contribution >= 0.6 is 11.8 Å². The molecule has 3 atom stereocenters. The molecule has 4 nitrogen and oxygen atoms in total. The van der Waals surface area contributed by atoms with Crippen LogP contribution in [0.2, 0.25) is 0 Å². The van der Waals surface area contributed by atoms with Crippen LogP contribution in [-0.2, 0) is 4.79 Å². The number of hydrogen-bond donors (Lipinski definition) is 1. The number of carbonyl (C=O) groups is 2. The van der Waals surface area contributed by atoms with Crippen molar-refractivity contribution in [3.05, 3.63) is 0 Å². The van der Waals surface area contributed by atoms with E-state index >= 15 is 0 Å². The van der Waals surface area contributed by atoms with Crippen LogP contribution in [-0.4, -0.2) is 40.4 Å². The van der Waals surface area contributed by atoms with E-state index in [1.807, 2.05) is 18.7 Å². The first kappa shape index (κ1) is 11.8. The average Bonchev–Trinajstić information content (AvgIpc) is 2.74. The van der Waals surface area contributed by atoms with Crippen molar-refractivity contribution in [1.29, 1.82) is 0 Å². The van der Waals surface area contributed by atoms with Gasteiger partial charge in [0.2, 0.25) is 0 Å². The summed E-state index contributed by atoms with van der Waals surface area (Å²) < 4.78 is 0. The first-order valence-electron chi connectivity index (χ1n) is 5.86. The average molecular weight is 242 g/mol. The summed E-state index contributed by atoms with van der Waals surface area (Å²) in [6.07, 6.45) is 1.66. The molecular weight excluding hydrogens is 224 g/mol. The van der Waals surface area contributed by atoms with Crippen LogP contribution in [0.4, 0.5) is 4.79 Å². The maximum Gasteiger partial charge on any atom is 0.325 e. The van der Waals surface area contributed by atoms with Gasteiger partial charge >= 0.3 is 6.03 Å². The monoisotopic (exact) mass is 242 g/mol. The molecule has 0 saturated carbocycles. The smallest absolute Gasteiger partial charge is 0.325 e. The van der Waals surface area contributed by atoms with Crippen molar-refractivity contribution in [3.63, 3.8) is 0 Å². The molecule has 16 heavy (non-hydrogen) atoms. The zero-order valence-corrected chi connectivity index (χ0v) is 10.5. The molecule has 0 radical (unpaired) electrons. The number of nitrogens with zero attached hydrogens (tertiary/aromatic N) is 1. The number of thioether (sulfide) groups is 1. The number of rotatable bonds is 3. The van der Waals surface area contributed by atoms with Gasteiger partial charge in [0.25, 0.3) is 5.91 Å². The van der Waals surface area contributed by atoms with Crippen molar-refractivity contribution < 1.29 is 9.59 Å². The number of urea groups is 1. The molecule has 0 aromatic carbocycles. The molecule has 2 heterocycles. The molecule has 90 valence electrons. The number of amides is 3. The van der Waals surface area contributed by atoms with E-state index in [1.165, 1.54) is 4.90 Å². The van der Waals surface area contributed by atoms with Gasteiger partial charge < -0.3 is 5.32 Å². The van der Waals surface area contributed by atoms with E-state index < -0.39 is 0 Å². The van der Waals surface area contributed by atoms with E-state index in [1.54, 1.807) is 0 Å². The normalized spacial score (nSPS) is 34.6. The molecule has 2 aliphatic rings. The van der Waals surface area contributed by atoms with Crippen molar-refractivity contribution in [1.82, 2.24) is 10.2 Å². The first-order chi connectivity index (χ1) is 7.65. The van der Waals surface area contributed by atoms with Gasteiger partial charge in [0.05, 0.1) is 6.04 Å². The molecule has 3 amide bonds. The van der Waals surface area contributed by atoms with E-state index in [0.29, 0.717) is 5.92 Å². The van der Waals surface area contributed by atoms with Crippen molar-refractivity contribution in [3.8, 4) is 0 Å². The fourth-order valence-corrected chi connectivity index (χ4v) is 3.77. The molecule has 0 aromatic heterocycles. The molecular formula is C11H18N2O2S. The minimum atomic E-state index is -0.282. The van der Waals surface area contributed by atoms with Gasteiger partial charge in [-0.2, -0.15) is 11.8 Å². The largest absolute Gasteiger partial charge is 0.326 e. The summed E-state index contributed by atoms with van der Waals surface area (Å²) in [5, 5.41) is 2.78. The summed E-state index contributed by atoms with van der Waals surface area (Å²) in [6, 6.07) is -0.377. The van der Waals surface area contributed by atoms with Gasteiger partial charge in [-0.15, -0.1) is 0 Å². The highest BCUT2D eigenvalue weighted by atomic mass is 32.2. The Bertz CT molecular complexity index is 308. The summed E-state index contributed by atoms with van der Waals surface area (Å²) >= 11 is 1.82. The fourth-order valence-electron chi connectivity index (χ4n) is 2.33. The summed E-state index contributed by atoms with van der Waals surface area (Å²) in [4.78, 5) is 25.3. The van der Waals surface area contributed by atoms with Gasteiger partial charge in [-0.3, -0.25) is 9.69 Å². The summed E-state index contributed by atoms with van der Waals surface area (Å²) in [6.45, 7) is 4.13. The number of hydrogen-bond acceptors (Lipinski definition) is 3. The Morgan fingerprint density at radius 1 is 1.44 bits per heavy atom. The summed E-state index contributed by atoms with van der Waals surface area (Å²) in [5.41, 5.74) is 0. The summed E-state index contributed by atoms with van der Waals surface area (Å²) in [7, 11) is 0. The van der Waals surface area contributed by atoms with Gasteiger partial charge in [0.15, 0.2) is 0 Å². The SMILES string of the molecule is CCC[C@@H]1NC(=O)N([C@H]2CSC[C@@H]2C)C1=O. The second-order valence-electron chi connectivity index (χ2n) is 4.58. The second-order valence-corrected chi connectivity index (χ2v) is 5.66. The van der Waals surface area contributed by atoms with Crippen LogP contribution in [0.25, 0.3) is 0 Å². The lowest BCUT2D eigenvalue weighted by Crippen LogP contribution is -2.44. The number of nitrogens with one attached hydrogen (secondary N) is 1. The zero-order valence-electron chi connectivity index (χ0n) is 9.73. The van der Waals surface area contributed by atoms with Crippen molar-refractivity contribution in [2.75, 3.05) is 11.5 Å². The molecule has 2 aliphatic heterocycles. The Morgan fingerprint density at radius 3 is 2.75 bits per heavy atom. The highest BCUT2D eigenvalue weighted by Crippen LogP contribution is 2.30. The fraction of sp³-hybridized carbons (Fsp3) is 0.818. The van der Waals surface area contributed by atoms with Crippen molar-refractivity contribution >= 4 is 23.7 Å². The molecule has 5 heteroatoms. The minimum absolute atomic E-state index is 0.0220. The third kappa shape index (κ3) is 1.93. The molecule has 0 aromatic rings. The predicted molar refractivity (Wildman–Crippen MR) is 64.4 cm³/mol. The molecule has 0 aliphatic carbocycles. The first-order valence-corrected chi connectivity index (χ1v) is 7.02. The van der Waals surface area contributed by atoms with E-state index in [9.17, 15) is 9.59 Å². The zero-order chi connectivity index (χ0) is 11.7. The molecule has 0 bridgehead atoms. The highest BCUT2D eigenvalue weighted by molar-refractivity contribution is 7.99. The molecule has 0 spiro atoms. The molecule has 2 rings (SSSR count). The van der Waals surface area contributed by atoms with E-state index in [4.69, 9.17) is 0 Å². The van der Waals surface area contributed by atoms with Crippen molar-refractivity contribution in [2.45, 2.75) is 38.8 Å². The van der Waals surface area contributed by atoms with Gasteiger partial charge in [-0.1, -0.05) is 20.3 Å². The Balaban J connectivity index is 2.10. The highest BCUT2D eigenvalue weighted by Gasteiger charge is 2.44. The van der Waals surface area contributed by atoms with Crippen LogP contribution in [0.15, 0.2) is 0 Å². The lowest BCUT2D eigenvalue weighted by atomic mass is 10.0. The molecule has 1 N–H and O–H groups in total. The van der Waals surface area contributed by atoms with Crippen LogP contribution < -0.4 is 5.32 Å². The predicted octanol–water partition coefficient (Wildman–Crippen LogP) is 1.46. The van der Waals surface area contributed by atoms with Gasteiger partial charge in [-0.25, -0.2) is 4.79 Å². The van der Waals surface area contributed by atoms with Gasteiger partial charge in [-0.05, 0) is 18.1 Å². The van der Waals surface area contributed by atoms with Gasteiger partial charge in [0.1, 0.15) is 6.04 Å². The molecule has 0 unspecified atom stereocenters. The van der Waals surface area contributed by atoms with Crippen molar-refractivity contribution in [2.24, 2.45) is 5.92 Å². The Kier molecular flexibility index (Phi) is 3.42. The third-order valence-corrected chi connectivity index (χ3v) is 4.63. The van der Waals surface area contributed by atoms with E-state index in [-0.39, 0.29) is 24.0 Å². The molecule has 2 fully saturated rings. The lowest BCUT2D eigenvalue weighted by Gasteiger charge is -2.23. The topological polar surface area (TPSA) is 49.4 Å². The quantitative estimate of drug-likeness (QED) is 0.762. The van der Waals surface area contributed by atoms with Gasteiger partial charge in [0, 0.05) is 5.75 Å². The Hall–Kier alpha value is -0.710. The van der Waals surface area contributed by atoms with Crippen LogP contribution in [0.1, 0.15) is 26.7 Å². The third-order valence-electron chi connectivity index (χ3n) is 3.29. The Morgan fingerprint density at radius 2 is 2.19 bits per heavy atom.